The molecule has 1 nitrogen and oxygen atoms in total. The van der Waals surface area contributed by atoms with Gasteiger partial charge < -0.3 is 0 Å². The van der Waals surface area contributed by atoms with E-state index >= 15 is 0 Å². The van der Waals surface area contributed by atoms with E-state index in [0.29, 0.717) is 0 Å². The predicted molar refractivity (Wildman–Crippen MR) is 119 cm³/mol. The molecule has 0 atom stereocenters. The number of anilines is 2. The van der Waals surface area contributed by atoms with E-state index < -0.39 is 0 Å². The van der Waals surface area contributed by atoms with Gasteiger partial charge in [-0.05, 0) is 0 Å². The molecule has 0 N–H and O–H groups in total. The van der Waals surface area contributed by atoms with Crippen molar-refractivity contribution < 1.29 is 19.4 Å². The molecule has 0 heterocycles. The van der Waals surface area contributed by atoms with Crippen molar-refractivity contribution >= 4 is 21.3 Å². The third-order valence-corrected chi connectivity index (χ3v) is 5.27. The van der Waals surface area contributed by atoms with Gasteiger partial charge in [0, 0.05) is 0 Å². The molecule has 140 valence electrons. The maximum atomic E-state index is 2.27. The fraction of sp³-hybridized carbons (Fsp3) is 0.115. The standard InChI is InChI=1S/C26H25N.W/c1-5-8-23(26-10-7-6-9-22(26)4)19-27(24-15-11-20(2)12-16-24)25-17-13-21(3)14-18-25;/h1,5-19H,2-4H3;. The fourth-order valence-corrected chi connectivity index (χ4v) is 3.37. The van der Waals surface area contributed by atoms with E-state index in [4.69, 9.17) is 0 Å². The van der Waals surface area contributed by atoms with E-state index in [1.54, 1.807) is 0 Å². The van der Waals surface area contributed by atoms with Crippen molar-refractivity contribution in [3.8, 4) is 0 Å². The monoisotopic (exact) mass is 535 g/mol. The van der Waals surface area contributed by atoms with E-state index in [0.717, 1.165) is 11.4 Å². The third kappa shape index (κ3) is 5.06. The van der Waals surface area contributed by atoms with Crippen molar-refractivity contribution in [2.45, 2.75) is 20.8 Å². The molecule has 0 unspecified atom stereocenters. The molecule has 0 spiro atoms. The van der Waals surface area contributed by atoms with Gasteiger partial charge in [0.1, 0.15) is 0 Å². The molecule has 3 aromatic carbocycles. The van der Waals surface area contributed by atoms with Gasteiger partial charge in [0.25, 0.3) is 0 Å². The number of nitrogens with zero attached hydrogens (tertiary/aromatic N) is 1. The molecule has 0 bridgehead atoms. The molecule has 0 aliphatic carbocycles. The first-order chi connectivity index (χ1) is 13.6. The van der Waals surface area contributed by atoms with Gasteiger partial charge in [0.15, 0.2) is 0 Å². The van der Waals surface area contributed by atoms with Crippen LogP contribution in [0, 0.1) is 20.8 Å². The molecule has 0 aromatic heterocycles. The molecule has 0 aliphatic rings. The average molecular weight is 535 g/mol. The van der Waals surface area contributed by atoms with E-state index in [9.17, 15) is 0 Å². The van der Waals surface area contributed by atoms with Crippen molar-refractivity contribution in [3.05, 3.63) is 113 Å². The summed E-state index contributed by atoms with van der Waals surface area (Å²) in [4.78, 5) is 2.27. The summed E-state index contributed by atoms with van der Waals surface area (Å²) in [5.41, 5.74) is 8.55. The van der Waals surface area contributed by atoms with Crippen LogP contribution in [0.5, 0.6) is 0 Å². The van der Waals surface area contributed by atoms with E-state index in [2.05, 4.69) is 121 Å². The summed E-state index contributed by atoms with van der Waals surface area (Å²) >= 11 is 1.45. The first-order valence-electron chi connectivity index (χ1n) is 9.41. The van der Waals surface area contributed by atoms with Crippen molar-refractivity contribution in [3.63, 3.8) is 0 Å². The minimum absolute atomic E-state index is 1.15. The van der Waals surface area contributed by atoms with Gasteiger partial charge in [-0.2, -0.15) is 0 Å². The van der Waals surface area contributed by atoms with E-state index in [1.807, 2.05) is 0 Å². The normalized spacial score (nSPS) is 11.6. The minimum atomic E-state index is 1.15. The van der Waals surface area contributed by atoms with Crippen molar-refractivity contribution in [2.24, 2.45) is 0 Å². The Kier molecular flexibility index (Phi) is 6.95. The second-order valence-electron chi connectivity index (χ2n) is 6.94. The molecule has 0 aliphatic heterocycles. The predicted octanol–water partition coefficient (Wildman–Crippen LogP) is 6.70. The fourth-order valence-electron chi connectivity index (χ4n) is 3.09. The van der Waals surface area contributed by atoms with Gasteiger partial charge in [-0.3, -0.25) is 0 Å². The SMILES string of the molecule is Cc1ccc(N(C=C(C=C[CH]=[W])c2ccccc2C)c2ccc(C)cc2)cc1. The summed E-state index contributed by atoms with van der Waals surface area (Å²) < 4.78 is 2.15. The van der Waals surface area contributed by atoms with Crippen LogP contribution in [0.4, 0.5) is 11.4 Å². The van der Waals surface area contributed by atoms with Gasteiger partial charge >= 0.3 is 180 Å². The van der Waals surface area contributed by atoms with Gasteiger partial charge in [-0.1, -0.05) is 0 Å². The number of benzene rings is 3. The summed E-state index contributed by atoms with van der Waals surface area (Å²) in [6.07, 6.45) is 6.58. The number of allylic oxidation sites excluding steroid dienone is 3. The average Bonchev–Trinajstić information content (AvgIpc) is 2.71. The second kappa shape index (κ2) is 9.62. The molecule has 28 heavy (non-hydrogen) atoms. The molecule has 0 saturated heterocycles. The van der Waals surface area contributed by atoms with Crippen LogP contribution in [0.15, 0.2) is 91.1 Å². The zero-order valence-corrected chi connectivity index (χ0v) is 19.5. The van der Waals surface area contributed by atoms with Crippen LogP contribution in [0.25, 0.3) is 5.57 Å². The topological polar surface area (TPSA) is 3.24 Å². The first-order valence-corrected chi connectivity index (χ1v) is 11.1. The Balaban J connectivity index is 2.17. The zero-order valence-electron chi connectivity index (χ0n) is 16.6. The quantitative estimate of drug-likeness (QED) is 0.318. The molecule has 0 amide bonds. The van der Waals surface area contributed by atoms with Crippen LogP contribution in [-0.4, -0.2) is 4.40 Å². The molecular formula is C26H25NW. The van der Waals surface area contributed by atoms with Crippen LogP contribution < -0.4 is 4.90 Å². The van der Waals surface area contributed by atoms with Gasteiger partial charge in [-0.15, -0.1) is 0 Å². The summed E-state index contributed by atoms with van der Waals surface area (Å²) in [6.45, 7) is 6.41. The summed E-state index contributed by atoms with van der Waals surface area (Å²) in [5.74, 6) is 0. The Labute approximate surface area is 179 Å². The van der Waals surface area contributed by atoms with Crippen molar-refractivity contribution in [1.82, 2.24) is 0 Å². The van der Waals surface area contributed by atoms with E-state index in [-0.39, 0.29) is 0 Å². The van der Waals surface area contributed by atoms with Crippen LogP contribution in [0.1, 0.15) is 22.3 Å². The Morgan fingerprint density at radius 2 is 1.29 bits per heavy atom. The van der Waals surface area contributed by atoms with Crippen LogP contribution in [0.3, 0.4) is 0 Å². The Morgan fingerprint density at radius 3 is 1.79 bits per heavy atom. The molecule has 0 radical (unpaired) electrons. The molecule has 3 rings (SSSR count). The molecule has 0 fully saturated rings. The van der Waals surface area contributed by atoms with E-state index in [1.165, 1.54) is 47.2 Å². The van der Waals surface area contributed by atoms with Crippen molar-refractivity contribution in [1.29, 1.82) is 0 Å². The third-order valence-electron chi connectivity index (χ3n) is 4.70. The van der Waals surface area contributed by atoms with Crippen LogP contribution >= 0.6 is 0 Å². The zero-order chi connectivity index (χ0) is 19.9. The van der Waals surface area contributed by atoms with Crippen LogP contribution in [0.2, 0.25) is 0 Å². The Morgan fingerprint density at radius 1 is 0.750 bits per heavy atom. The Hall–Kier alpha value is -2.50. The molecule has 0 saturated carbocycles. The number of aryl methyl sites for hydroxylation is 3. The molecule has 2 heteroatoms. The van der Waals surface area contributed by atoms with Gasteiger partial charge in [0.05, 0.1) is 0 Å². The summed E-state index contributed by atoms with van der Waals surface area (Å²) in [7, 11) is 0. The second-order valence-corrected chi connectivity index (χ2v) is 7.91. The maximum absolute atomic E-state index is 2.27. The number of rotatable bonds is 6. The number of hydrogen-bond acceptors (Lipinski definition) is 1. The van der Waals surface area contributed by atoms with Gasteiger partial charge in [0.2, 0.25) is 0 Å². The number of hydrogen-bond donors (Lipinski definition) is 0. The first kappa shape index (κ1) is 20.2. The molecular weight excluding hydrogens is 510 g/mol. The molecule has 3 aromatic rings. The van der Waals surface area contributed by atoms with Crippen LogP contribution in [-0.2, 0) is 19.4 Å². The Bertz CT molecular complexity index is 950. The summed E-state index contributed by atoms with van der Waals surface area (Å²) in [5, 5.41) is 0. The van der Waals surface area contributed by atoms with Gasteiger partial charge in [-0.25, -0.2) is 0 Å². The summed E-state index contributed by atoms with van der Waals surface area (Å²) in [6, 6.07) is 25.9. The van der Waals surface area contributed by atoms with Crippen molar-refractivity contribution in [2.75, 3.05) is 4.90 Å².